The largest absolute Gasteiger partial charge is 0.487 e. The molecule has 0 fully saturated rings. The van der Waals surface area contributed by atoms with Crippen LogP contribution in [0, 0.1) is 0 Å². The molecule has 0 bridgehead atoms. The molecule has 0 unspecified atom stereocenters. The number of ether oxygens (including phenoxy) is 2. The Morgan fingerprint density at radius 2 is 1.58 bits per heavy atom. The van der Waals surface area contributed by atoms with E-state index in [4.69, 9.17) is 9.47 Å². The van der Waals surface area contributed by atoms with Crippen molar-refractivity contribution in [1.29, 1.82) is 0 Å². The zero-order valence-electron chi connectivity index (χ0n) is 11.1. The lowest BCUT2D eigenvalue weighted by atomic mass is 10.2. The van der Waals surface area contributed by atoms with Gasteiger partial charge in [0, 0.05) is 10.0 Å². The Morgan fingerprint density at radius 3 is 2.26 bits per heavy atom. The maximum atomic E-state index is 5.85. The van der Waals surface area contributed by atoms with Crippen LogP contribution in [0.5, 0.6) is 11.5 Å². The fourth-order valence-corrected chi connectivity index (χ4v) is 2.09. The highest BCUT2D eigenvalue weighted by Gasteiger charge is 2.07. The van der Waals surface area contributed by atoms with E-state index in [1.165, 1.54) is 0 Å². The molecule has 2 nitrogen and oxygen atoms in total. The van der Waals surface area contributed by atoms with Crippen LogP contribution in [0.2, 0.25) is 0 Å². The Morgan fingerprint density at radius 1 is 0.947 bits per heavy atom. The Kier molecular flexibility index (Phi) is 4.86. The van der Waals surface area contributed by atoms with Crippen LogP contribution in [0.15, 0.2) is 53.0 Å². The van der Waals surface area contributed by atoms with E-state index in [1.807, 2.05) is 62.4 Å². The average Bonchev–Trinajstić information content (AvgIpc) is 2.39. The normalized spacial score (nSPS) is 10.5. The van der Waals surface area contributed by atoms with E-state index in [2.05, 4.69) is 15.9 Å². The van der Waals surface area contributed by atoms with Crippen molar-refractivity contribution in [2.75, 3.05) is 0 Å². The van der Waals surface area contributed by atoms with Gasteiger partial charge in [-0.2, -0.15) is 0 Å². The molecule has 0 spiro atoms. The maximum Gasteiger partial charge on any atom is 0.161 e. The molecule has 19 heavy (non-hydrogen) atoms. The minimum absolute atomic E-state index is 0.133. The van der Waals surface area contributed by atoms with Gasteiger partial charge in [-0.3, -0.25) is 0 Å². The second-order valence-corrected chi connectivity index (χ2v) is 5.35. The standard InChI is InChI=1S/C16H17BrO2/c1-12(2)19-16-10-6-5-9-15(16)18-11-13-7-3-4-8-14(13)17/h3-10,12H,11H2,1-2H3. The highest BCUT2D eigenvalue weighted by atomic mass is 79.9. The van der Waals surface area contributed by atoms with Crippen molar-refractivity contribution in [1.82, 2.24) is 0 Å². The van der Waals surface area contributed by atoms with Crippen molar-refractivity contribution < 1.29 is 9.47 Å². The molecule has 0 aliphatic heterocycles. The third kappa shape index (κ3) is 4.00. The molecule has 0 aliphatic rings. The van der Waals surface area contributed by atoms with Crippen LogP contribution in [0.4, 0.5) is 0 Å². The lowest BCUT2D eigenvalue weighted by molar-refractivity contribution is 0.218. The first kappa shape index (κ1) is 13.9. The molecule has 0 radical (unpaired) electrons. The van der Waals surface area contributed by atoms with Crippen molar-refractivity contribution in [2.24, 2.45) is 0 Å². The number of halogens is 1. The van der Waals surface area contributed by atoms with Crippen LogP contribution in [0.3, 0.4) is 0 Å². The quantitative estimate of drug-likeness (QED) is 0.786. The van der Waals surface area contributed by atoms with E-state index in [1.54, 1.807) is 0 Å². The molecule has 0 amide bonds. The third-order valence-corrected chi connectivity index (χ3v) is 3.33. The van der Waals surface area contributed by atoms with E-state index in [0.717, 1.165) is 21.5 Å². The molecule has 0 aromatic heterocycles. The molecule has 2 aromatic carbocycles. The van der Waals surface area contributed by atoms with Crippen LogP contribution in [0.1, 0.15) is 19.4 Å². The van der Waals surface area contributed by atoms with Gasteiger partial charge in [-0.1, -0.05) is 46.3 Å². The summed E-state index contributed by atoms with van der Waals surface area (Å²) in [4.78, 5) is 0. The Bertz CT molecular complexity index is 538. The van der Waals surface area contributed by atoms with Gasteiger partial charge in [-0.05, 0) is 32.0 Å². The average molecular weight is 321 g/mol. The molecule has 0 heterocycles. The summed E-state index contributed by atoms with van der Waals surface area (Å²) in [6.07, 6.45) is 0.133. The van der Waals surface area contributed by atoms with Crippen LogP contribution in [-0.4, -0.2) is 6.10 Å². The maximum absolute atomic E-state index is 5.85. The molecule has 0 N–H and O–H groups in total. The molecule has 3 heteroatoms. The van der Waals surface area contributed by atoms with E-state index >= 15 is 0 Å². The van der Waals surface area contributed by atoms with Crippen molar-refractivity contribution in [3.05, 3.63) is 58.6 Å². The lowest BCUT2D eigenvalue weighted by Gasteiger charge is -2.15. The summed E-state index contributed by atoms with van der Waals surface area (Å²) < 4.78 is 12.6. The minimum atomic E-state index is 0.133. The van der Waals surface area contributed by atoms with Crippen LogP contribution in [0.25, 0.3) is 0 Å². The summed E-state index contributed by atoms with van der Waals surface area (Å²) >= 11 is 3.52. The number of para-hydroxylation sites is 2. The molecule has 100 valence electrons. The van der Waals surface area contributed by atoms with Gasteiger partial charge in [0.25, 0.3) is 0 Å². The van der Waals surface area contributed by atoms with E-state index in [9.17, 15) is 0 Å². The molecule has 0 atom stereocenters. The molecular formula is C16H17BrO2. The SMILES string of the molecule is CC(C)Oc1ccccc1OCc1ccccc1Br. The van der Waals surface area contributed by atoms with Gasteiger partial charge in [-0.15, -0.1) is 0 Å². The van der Waals surface area contributed by atoms with Gasteiger partial charge in [0.15, 0.2) is 11.5 Å². The van der Waals surface area contributed by atoms with Crippen molar-refractivity contribution >= 4 is 15.9 Å². The number of hydrogen-bond acceptors (Lipinski definition) is 2. The summed E-state index contributed by atoms with van der Waals surface area (Å²) in [6, 6.07) is 15.8. The zero-order chi connectivity index (χ0) is 13.7. The Hall–Kier alpha value is -1.48. The van der Waals surface area contributed by atoms with Gasteiger partial charge in [-0.25, -0.2) is 0 Å². The summed E-state index contributed by atoms with van der Waals surface area (Å²) in [5.41, 5.74) is 1.11. The van der Waals surface area contributed by atoms with Crippen LogP contribution >= 0.6 is 15.9 Å². The van der Waals surface area contributed by atoms with E-state index in [0.29, 0.717) is 6.61 Å². The predicted octanol–water partition coefficient (Wildman–Crippen LogP) is 4.82. The van der Waals surface area contributed by atoms with Crippen LogP contribution in [-0.2, 0) is 6.61 Å². The fraction of sp³-hybridized carbons (Fsp3) is 0.250. The number of rotatable bonds is 5. The van der Waals surface area contributed by atoms with Crippen LogP contribution < -0.4 is 9.47 Å². The summed E-state index contributed by atoms with van der Waals surface area (Å²) in [7, 11) is 0. The summed E-state index contributed by atoms with van der Waals surface area (Å²) in [6.45, 7) is 4.52. The molecular weight excluding hydrogens is 304 g/mol. The Labute approximate surface area is 122 Å². The van der Waals surface area contributed by atoms with Crippen molar-refractivity contribution in [3.63, 3.8) is 0 Å². The molecule has 2 rings (SSSR count). The van der Waals surface area contributed by atoms with Crippen molar-refractivity contribution in [2.45, 2.75) is 26.6 Å². The van der Waals surface area contributed by atoms with Gasteiger partial charge >= 0.3 is 0 Å². The van der Waals surface area contributed by atoms with Gasteiger partial charge in [0.05, 0.1) is 6.10 Å². The van der Waals surface area contributed by atoms with E-state index < -0.39 is 0 Å². The first-order valence-electron chi connectivity index (χ1n) is 6.28. The fourth-order valence-electron chi connectivity index (χ4n) is 1.69. The second kappa shape index (κ2) is 6.62. The highest BCUT2D eigenvalue weighted by molar-refractivity contribution is 9.10. The van der Waals surface area contributed by atoms with E-state index in [-0.39, 0.29) is 6.10 Å². The third-order valence-electron chi connectivity index (χ3n) is 2.55. The molecule has 2 aromatic rings. The first-order chi connectivity index (χ1) is 9.16. The molecule has 0 saturated heterocycles. The first-order valence-corrected chi connectivity index (χ1v) is 7.08. The molecule has 0 aliphatic carbocycles. The van der Waals surface area contributed by atoms with Gasteiger partial charge < -0.3 is 9.47 Å². The smallest absolute Gasteiger partial charge is 0.161 e. The predicted molar refractivity (Wildman–Crippen MR) is 80.7 cm³/mol. The number of hydrogen-bond donors (Lipinski definition) is 0. The summed E-state index contributed by atoms with van der Waals surface area (Å²) in [5.74, 6) is 1.55. The topological polar surface area (TPSA) is 18.5 Å². The zero-order valence-corrected chi connectivity index (χ0v) is 12.7. The molecule has 0 saturated carbocycles. The lowest BCUT2D eigenvalue weighted by Crippen LogP contribution is -2.07. The monoisotopic (exact) mass is 320 g/mol. The van der Waals surface area contributed by atoms with Gasteiger partial charge in [0.2, 0.25) is 0 Å². The van der Waals surface area contributed by atoms with Gasteiger partial charge in [0.1, 0.15) is 6.61 Å². The number of benzene rings is 2. The Balaban J connectivity index is 2.09. The summed E-state index contributed by atoms with van der Waals surface area (Å²) in [5, 5.41) is 0. The van der Waals surface area contributed by atoms with Crippen molar-refractivity contribution in [3.8, 4) is 11.5 Å². The minimum Gasteiger partial charge on any atom is -0.487 e. The highest BCUT2D eigenvalue weighted by Crippen LogP contribution is 2.29. The second-order valence-electron chi connectivity index (χ2n) is 4.49.